The maximum absolute atomic E-state index is 12.4. The van der Waals surface area contributed by atoms with Crippen LogP contribution in [0.1, 0.15) is 38.1 Å². The van der Waals surface area contributed by atoms with Crippen LogP contribution in [-0.2, 0) is 14.3 Å². The van der Waals surface area contributed by atoms with Gasteiger partial charge in [-0.15, -0.1) is 11.3 Å². The molecule has 2 N–H and O–H groups in total. The molecule has 1 aliphatic heterocycles. The molecule has 8 nitrogen and oxygen atoms in total. The van der Waals surface area contributed by atoms with Crippen molar-refractivity contribution in [3.8, 4) is 0 Å². The van der Waals surface area contributed by atoms with Crippen LogP contribution in [0.2, 0.25) is 0 Å². The van der Waals surface area contributed by atoms with Crippen LogP contribution < -0.4 is 10.6 Å². The Morgan fingerprint density at radius 2 is 1.64 bits per heavy atom. The first-order chi connectivity index (χ1) is 13.2. The summed E-state index contributed by atoms with van der Waals surface area (Å²) in [5, 5.41) is 8.04. The number of esters is 1. The zero-order valence-corrected chi connectivity index (χ0v) is 17.9. The Hall–Kier alpha value is -1.97. The average Bonchev–Trinajstić information content (AvgIpc) is 3.03. The maximum atomic E-state index is 12.4. The van der Waals surface area contributed by atoms with E-state index >= 15 is 0 Å². The van der Waals surface area contributed by atoms with Crippen LogP contribution in [0.3, 0.4) is 0 Å². The van der Waals surface area contributed by atoms with Crippen LogP contribution in [0.5, 0.6) is 0 Å². The molecule has 0 aromatic carbocycles. The van der Waals surface area contributed by atoms with Crippen LogP contribution in [0.4, 0.5) is 5.00 Å². The van der Waals surface area contributed by atoms with Crippen LogP contribution in [0.25, 0.3) is 0 Å². The summed E-state index contributed by atoms with van der Waals surface area (Å²) in [5.41, 5.74) is 0.149. The van der Waals surface area contributed by atoms with Gasteiger partial charge in [0.15, 0.2) is 0 Å². The standard InChI is InChI=1S/C19H30N4O4S/c1-5-27-18(26)14-6-11-28-17(14)20-15(24)12-22-7-9-23(10-8-22)13-16(25)21-19(2,3)4/h6,11H,5,7-10,12-13H2,1-4H3,(H,20,24)(H,21,25). The highest BCUT2D eigenvalue weighted by Crippen LogP contribution is 2.24. The molecule has 2 rings (SSSR count). The smallest absolute Gasteiger partial charge is 0.341 e. The summed E-state index contributed by atoms with van der Waals surface area (Å²) in [6.45, 7) is 11.4. The summed E-state index contributed by atoms with van der Waals surface area (Å²) in [6, 6.07) is 1.65. The van der Waals surface area contributed by atoms with Crippen molar-refractivity contribution < 1.29 is 19.1 Å². The normalized spacial score (nSPS) is 15.9. The summed E-state index contributed by atoms with van der Waals surface area (Å²) in [5.74, 6) is -0.573. The highest BCUT2D eigenvalue weighted by Gasteiger charge is 2.23. The van der Waals surface area contributed by atoms with Gasteiger partial charge in [-0.2, -0.15) is 0 Å². The highest BCUT2D eigenvalue weighted by atomic mass is 32.1. The van der Waals surface area contributed by atoms with Gasteiger partial charge in [-0.3, -0.25) is 19.4 Å². The van der Waals surface area contributed by atoms with Crippen LogP contribution in [-0.4, -0.2) is 79.0 Å². The number of rotatable bonds is 7. The summed E-state index contributed by atoms with van der Waals surface area (Å²) in [7, 11) is 0. The lowest BCUT2D eigenvalue weighted by Gasteiger charge is -2.34. The molecule has 1 aliphatic rings. The number of nitrogens with one attached hydrogen (secondary N) is 2. The van der Waals surface area contributed by atoms with Gasteiger partial charge in [0.05, 0.1) is 25.3 Å². The molecule has 9 heteroatoms. The Balaban J connectivity index is 1.76. The van der Waals surface area contributed by atoms with E-state index in [0.29, 0.717) is 36.8 Å². The SMILES string of the molecule is CCOC(=O)c1ccsc1NC(=O)CN1CCN(CC(=O)NC(C)(C)C)CC1. The summed E-state index contributed by atoms with van der Waals surface area (Å²) in [4.78, 5) is 40.4. The van der Waals surface area contributed by atoms with Gasteiger partial charge in [0, 0.05) is 31.7 Å². The summed E-state index contributed by atoms with van der Waals surface area (Å²) < 4.78 is 5.00. The van der Waals surface area contributed by atoms with Crippen LogP contribution in [0, 0.1) is 0 Å². The first-order valence-electron chi connectivity index (χ1n) is 9.48. The number of thiophene rings is 1. The van der Waals surface area contributed by atoms with E-state index in [1.54, 1.807) is 18.4 Å². The fourth-order valence-corrected chi connectivity index (χ4v) is 3.70. The number of amides is 2. The Labute approximate surface area is 170 Å². The van der Waals surface area contributed by atoms with Gasteiger partial charge in [0.1, 0.15) is 5.00 Å². The summed E-state index contributed by atoms with van der Waals surface area (Å²) >= 11 is 1.30. The van der Waals surface area contributed by atoms with E-state index in [0.717, 1.165) is 13.1 Å². The second-order valence-corrected chi connectivity index (χ2v) is 8.70. The molecule has 0 unspecified atom stereocenters. The van der Waals surface area contributed by atoms with Crippen LogP contribution in [0.15, 0.2) is 11.4 Å². The molecule has 1 aromatic heterocycles. The number of anilines is 1. The van der Waals surface area contributed by atoms with Crippen LogP contribution >= 0.6 is 11.3 Å². The molecule has 1 saturated heterocycles. The van der Waals surface area contributed by atoms with Gasteiger partial charge in [0.25, 0.3) is 0 Å². The van der Waals surface area contributed by atoms with E-state index in [-0.39, 0.29) is 23.9 Å². The fraction of sp³-hybridized carbons (Fsp3) is 0.632. The van der Waals surface area contributed by atoms with Crippen molar-refractivity contribution in [2.24, 2.45) is 0 Å². The van der Waals surface area contributed by atoms with Gasteiger partial charge in [0.2, 0.25) is 11.8 Å². The quantitative estimate of drug-likeness (QED) is 0.661. The number of hydrogen-bond acceptors (Lipinski definition) is 7. The van der Waals surface area contributed by atoms with E-state index in [9.17, 15) is 14.4 Å². The fourth-order valence-electron chi connectivity index (χ4n) is 2.91. The highest BCUT2D eigenvalue weighted by molar-refractivity contribution is 7.14. The van der Waals surface area contributed by atoms with E-state index in [1.807, 2.05) is 25.7 Å². The lowest BCUT2D eigenvalue weighted by molar-refractivity contribution is -0.124. The molecule has 0 radical (unpaired) electrons. The minimum Gasteiger partial charge on any atom is -0.462 e. The van der Waals surface area contributed by atoms with Crippen molar-refractivity contribution in [2.45, 2.75) is 33.2 Å². The first kappa shape index (κ1) is 22.3. The summed E-state index contributed by atoms with van der Waals surface area (Å²) in [6.07, 6.45) is 0. The van der Waals surface area contributed by atoms with Crippen molar-refractivity contribution in [1.82, 2.24) is 15.1 Å². The molecule has 0 aliphatic carbocycles. The zero-order chi connectivity index (χ0) is 20.7. The largest absolute Gasteiger partial charge is 0.462 e. The molecular weight excluding hydrogens is 380 g/mol. The van der Waals surface area contributed by atoms with Gasteiger partial charge in [-0.25, -0.2) is 4.79 Å². The van der Waals surface area contributed by atoms with Crippen molar-refractivity contribution in [3.63, 3.8) is 0 Å². The third-order valence-corrected chi connectivity index (χ3v) is 4.96. The van der Waals surface area contributed by atoms with Gasteiger partial charge < -0.3 is 15.4 Å². The zero-order valence-electron chi connectivity index (χ0n) is 17.0. The van der Waals surface area contributed by atoms with Gasteiger partial charge >= 0.3 is 5.97 Å². The molecule has 1 aromatic rings. The lowest BCUT2D eigenvalue weighted by atomic mass is 10.1. The number of carbonyl (C=O) groups excluding carboxylic acids is 3. The first-order valence-corrected chi connectivity index (χ1v) is 10.4. The van der Waals surface area contributed by atoms with Crippen molar-refractivity contribution in [2.75, 3.05) is 51.2 Å². The van der Waals surface area contributed by atoms with Crippen molar-refractivity contribution >= 4 is 34.1 Å². The van der Waals surface area contributed by atoms with Crippen molar-refractivity contribution in [3.05, 3.63) is 17.0 Å². The topological polar surface area (TPSA) is 91.0 Å². The molecule has 0 atom stereocenters. The van der Waals surface area contributed by atoms with E-state index in [1.165, 1.54) is 11.3 Å². The molecule has 28 heavy (non-hydrogen) atoms. The second-order valence-electron chi connectivity index (χ2n) is 7.78. The third kappa shape index (κ3) is 7.21. The molecule has 0 saturated carbocycles. The lowest BCUT2D eigenvalue weighted by Crippen LogP contribution is -2.52. The molecule has 2 amide bonds. The number of hydrogen-bond donors (Lipinski definition) is 2. The molecule has 0 spiro atoms. The average molecular weight is 411 g/mol. The maximum Gasteiger partial charge on any atom is 0.341 e. The third-order valence-electron chi connectivity index (χ3n) is 4.13. The molecule has 156 valence electrons. The van der Waals surface area contributed by atoms with Gasteiger partial charge in [-0.1, -0.05) is 0 Å². The van der Waals surface area contributed by atoms with Gasteiger partial charge in [-0.05, 0) is 39.1 Å². The monoisotopic (exact) mass is 410 g/mol. The minimum atomic E-state index is -0.429. The predicted octanol–water partition coefficient (Wildman–Crippen LogP) is 1.40. The second kappa shape index (κ2) is 9.99. The van der Waals surface area contributed by atoms with Crippen molar-refractivity contribution in [1.29, 1.82) is 0 Å². The number of ether oxygens (including phenoxy) is 1. The van der Waals surface area contributed by atoms with E-state index in [4.69, 9.17) is 4.74 Å². The Morgan fingerprint density at radius 3 is 2.18 bits per heavy atom. The predicted molar refractivity (Wildman–Crippen MR) is 110 cm³/mol. The Kier molecular flexibility index (Phi) is 7.97. The Bertz CT molecular complexity index is 690. The van der Waals surface area contributed by atoms with E-state index < -0.39 is 5.97 Å². The molecule has 1 fully saturated rings. The minimum absolute atomic E-state index is 0.0166. The number of nitrogens with zero attached hydrogens (tertiary/aromatic N) is 2. The number of piperazine rings is 1. The number of carbonyl (C=O) groups is 3. The van der Waals surface area contributed by atoms with E-state index in [2.05, 4.69) is 15.5 Å². The molecule has 2 heterocycles. The Morgan fingerprint density at radius 1 is 1.07 bits per heavy atom. The molecular formula is C19H30N4O4S. The molecule has 0 bridgehead atoms.